The fourth-order valence-electron chi connectivity index (χ4n) is 4.04. The predicted molar refractivity (Wildman–Crippen MR) is 133 cm³/mol. The zero-order valence-corrected chi connectivity index (χ0v) is 18.3. The molecule has 0 N–H and O–H groups in total. The van der Waals surface area contributed by atoms with Gasteiger partial charge >= 0.3 is 0 Å². The molecule has 0 aliphatic rings. The normalized spacial score (nSPS) is 11.2. The predicted octanol–water partition coefficient (Wildman–Crippen LogP) is 7.60. The second-order valence-corrected chi connectivity index (χ2v) is 8.54. The molecular weight excluding hydrogens is 429 g/mol. The Kier molecular flexibility index (Phi) is 4.82. The first-order valence-electron chi connectivity index (χ1n) is 10.6. The van der Waals surface area contributed by atoms with Crippen molar-refractivity contribution in [3.8, 4) is 44.9 Å². The van der Waals surface area contributed by atoms with Gasteiger partial charge in [0.25, 0.3) is 0 Å². The monoisotopic (exact) mass is 447 g/mol. The molecule has 0 spiro atoms. The third kappa shape index (κ3) is 3.62. The maximum atomic E-state index is 13.6. The minimum Gasteiger partial charge on any atom is -0.226 e. The number of hydrogen-bond donors (Lipinski definition) is 0. The summed E-state index contributed by atoms with van der Waals surface area (Å²) >= 11 is 1.64. The summed E-state index contributed by atoms with van der Waals surface area (Å²) in [6.07, 6.45) is 0. The van der Waals surface area contributed by atoms with Crippen LogP contribution in [-0.4, -0.2) is 14.6 Å². The summed E-state index contributed by atoms with van der Waals surface area (Å²) in [4.78, 5) is 4.89. The van der Waals surface area contributed by atoms with Crippen LogP contribution in [-0.2, 0) is 0 Å². The molecule has 158 valence electrons. The number of nitrogens with zero attached hydrogens (tertiary/aromatic N) is 3. The Morgan fingerprint density at radius 1 is 0.667 bits per heavy atom. The Labute approximate surface area is 194 Å². The van der Waals surface area contributed by atoms with Gasteiger partial charge in [-0.3, -0.25) is 0 Å². The minimum absolute atomic E-state index is 0.270. The summed E-state index contributed by atoms with van der Waals surface area (Å²) in [6.45, 7) is 0. The molecule has 0 unspecified atom stereocenters. The highest BCUT2D eigenvalue weighted by molar-refractivity contribution is 7.08. The fourth-order valence-corrected chi connectivity index (χ4v) is 4.69. The Hall–Kier alpha value is -4.09. The summed E-state index contributed by atoms with van der Waals surface area (Å²) in [7, 11) is 0. The molecule has 6 rings (SSSR count). The molecule has 5 heteroatoms. The second-order valence-electron chi connectivity index (χ2n) is 7.76. The SMILES string of the molecule is Fc1ccc(-c2nc3ccc(-c4ccsc4)nn3c2-c2cccc(-c3ccccc3)c2)cc1. The quantitative estimate of drug-likeness (QED) is 0.279. The second kappa shape index (κ2) is 8.11. The highest BCUT2D eigenvalue weighted by Gasteiger charge is 2.18. The molecule has 0 amide bonds. The zero-order valence-electron chi connectivity index (χ0n) is 17.5. The molecular formula is C28H18FN3S. The molecule has 0 saturated carbocycles. The summed E-state index contributed by atoms with van der Waals surface area (Å²) in [5, 5.41) is 9.08. The van der Waals surface area contributed by atoms with Crippen molar-refractivity contribution in [2.45, 2.75) is 0 Å². The Morgan fingerprint density at radius 2 is 1.45 bits per heavy atom. The van der Waals surface area contributed by atoms with Crippen molar-refractivity contribution < 1.29 is 4.39 Å². The summed E-state index contributed by atoms with van der Waals surface area (Å²) in [5.41, 5.74) is 8.45. The number of imidazole rings is 1. The van der Waals surface area contributed by atoms with Crippen LogP contribution < -0.4 is 0 Å². The van der Waals surface area contributed by atoms with Crippen LogP contribution in [0.15, 0.2) is 108 Å². The third-order valence-corrected chi connectivity index (χ3v) is 6.34. The minimum atomic E-state index is -0.270. The van der Waals surface area contributed by atoms with Gasteiger partial charge in [0, 0.05) is 22.1 Å². The lowest BCUT2D eigenvalue weighted by atomic mass is 9.99. The van der Waals surface area contributed by atoms with Crippen LogP contribution in [0.1, 0.15) is 0 Å². The van der Waals surface area contributed by atoms with Crippen LogP contribution in [0.3, 0.4) is 0 Å². The van der Waals surface area contributed by atoms with Gasteiger partial charge in [-0.1, -0.05) is 48.5 Å². The average Bonchev–Trinajstić information content (AvgIpc) is 3.53. The smallest absolute Gasteiger partial charge is 0.155 e. The summed E-state index contributed by atoms with van der Waals surface area (Å²) in [5.74, 6) is -0.270. The number of rotatable bonds is 4. The number of hydrogen-bond acceptors (Lipinski definition) is 3. The molecule has 0 saturated heterocycles. The number of benzene rings is 3. The van der Waals surface area contributed by atoms with Gasteiger partial charge in [0.05, 0.1) is 11.4 Å². The number of aromatic nitrogens is 3. The van der Waals surface area contributed by atoms with Crippen LogP contribution in [0.4, 0.5) is 4.39 Å². The lowest BCUT2D eigenvalue weighted by molar-refractivity contribution is 0.628. The topological polar surface area (TPSA) is 30.2 Å². The Morgan fingerprint density at radius 3 is 2.24 bits per heavy atom. The third-order valence-electron chi connectivity index (χ3n) is 5.66. The first-order valence-corrected chi connectivity index (χ1v) is 11.5. The van der Waals surface area contributed by atoms with E-state index in [1.54, 1.807) is 23.5 Å². The van der Waals surface area contributed by atoms with Gasteiger partial charge in [0.2, 0.25) is 0 Å². The molecule has 0 radical (unpaired) electrons. The van der Waals surface area contributed by atoms with Crippen molar-refractivity contribution in [1.29, 1.82) is 0 Å². The van der Waals surface area contributed by atoms with Crippen molar-refractivity contribution in [3.05, 3.63) is 114 Å². The van der Waals surface area contributed by atoms with E-state index in [4.69, 9.17) is 10.1 Å². The zero-order chi connectivity index (χ0) is 22.2. The van der Waals surface area contributed by atoms with Crippen molar-refractivity contribution >= 4 is 17.0 Å². The van der Waals surface area contributed by atoms with E-state index in [9.17, 15) is 4.39 Å². The highest BCUT2D eigenvalue weighted by atomic mass is 32.1. The molecule has 3 aromatic heterocycles. The van der Waals surface area contributed by atoms with Crippen molar-refractivity contribution in [2.24, 2.45) is 0 Å². The lowest BCUT2D eigenvalue weighted by Crippen LogP contribution is -1.97. The number of halogens is 1. The summed E-state index contributed by atoms with van der Waals surface area (Å²) < 4.78 is 15.5. The van der Waals surface area contributed by atoms with Gasteiger partial charge in [-0.15, -0.1) is 0 Å². The van der Waals surface area contributed by atoms with E-state index in [0.717, 1.165) is 50.5 Å². The van der Waals surface area contributed by atoms with Crippen LogP contribution in [0.2, 0.25) is 0 Å². The Bertz CT molecular complexity index is 1550. The van der Waals surface area contributed by atoms with Crippen molar-refractivity contribution in [2.75, 3.05) is 0 Å². The number of thiophene rings is 1. The van der Waals surface area contributed by atoms with E-state index in [0.29, 0.717) is 0 Å². The largest absolute Gasteiger partial charge is 0.226 e. The van der Waals surface area contributed by atoms with Crippen LogP contribution in [0.25, 0.3) is 50.5 Å². The van der Waals surface area contributed by atoms with E-state index in [2.05, 4.69) is 41.8 Å². The maximum absolute atomic E-state index is 13.6. The van der Waals surface area contributed by atoms with Crippen LogP contribution in [0.5, 0.6) is 0 Å². The molecule has 0 aliphatic carbocycles. The van der Waals surface area contributed by atoms with E-state index >= 15 is 0 Å². The van der Waals surface area contributed by atoms with Gasteiger partial charge in [-0.2, -0.15) is 16.4 Å². The molecule has 0 aliphatic heterocycles. The average molecular weight is 448 g/mol. The van der Waals surface area contributed by atoms with Gasteiger partial charge in [-0.25, -0.2) is 13.9 Å². The molecule has 3 heterocycles. The standard InChI is InChI=1S/C28H18FN3S/c29-24-11-9-20(10-12-24)27-28(22-8-4-7-21(17-22)19-5-2-1-3-6-19)32-26(30-27)14-13-25(31-32)23-15-16-33-18-23/h1-18H. The Balaban J connectivity index is 1.61. The summed E-state index contributed by atoms with van der Waals surface area (Å²) in [6, 6.07) is 31.2. The van der Waals surface area contributed by atoms with E-state index in [1.165, 1.54) is 12.1 Å². The maximum Gasteiger partial charge on any atom is 0.155 e. The van der Waals surface area contributed by atoms with Gasteiger partial charge in [-0.05, 0) is 65.0 Å². The first-order chi connectivity index (χ1) is 16.3. The molecule has 0 atom stereocenters. The molecule has 3 nitrogen and oxygen atoms in total. The molecule has 6 aromatic rings. The molecule has 3 aromatic carbocycles. The van der Waals surface area contributed by atoms with E-state index in [-0.39, 0.29) is 5.82 Å². The van der Waals surface area contributed by atoms with Gasteiger partial charge in [0.1, 0.15) is 11.5 Å². The number of fused-ring (bicyclic) bond motifs is 1. The van der Waals surface area contributed by atoms with Crippen molar-refractivity contribution in [1.82, 2.24) is 14.6 Å². The molecule has 0 bridgehead atoms. The molecule has 33 heavy (non-hydrogen) atoms. The van der Waals surface area contributed by atoms with Crippen LogP contribution in [0, 0.1) is 5.82 Å². The lowest BCUT2D eigenvalue weighted by Gasteiger charge is -2.09. The van der Waals surface area contributed by atoms with Gasteiger partial charge < -0.3 is 0 Å². The van der Waals surface area contributed by atoms with Crippen molar-refractivity contribution in [3.63, 3.8) is 0 Å². The molecule has 0 fully saturated rings. The van der Waals surface area contributed by atoms with Gasteiger partial charge in [0.15, 0.2) is 5.65 Å². The first kappa shape index (κ1) is 19.6. The fraction of sp³-hybridized carbons (Fsp3) is 0. The van der Waals surface area contributed by atoms with E-state index < -0.39 is 0 Å². The van der Waals surface area contributed by atoms with Crippen LogP contribution >= 0.6 is 11.3 Å². The van der Waals surface area contributed by atoms with E-state index in [1.807, 2.05) is 46.3 Å². The highest BCUT2D eigenvalue weighted by Crippen LogP contribution is 2.35.